The molecule has 0 atom stereocenters. The highest BCUT2D eigenvalue weighted by molar-refractivity contribution is 6.31. The number of ether oxygens (including phenoxy) is 2. The van der Waals surface area contributed by atoms with Gasteiger partial charge in [0.25, 0.3) is 0 Å². The lowest BCUT2D eigenvalue weighted by molar-refractivity contribution is -0.116. The number of hydrogen-bond acceptors (Lipinski definition) is 3. The lowest BCUT2D eigenvalue weighted by Gasteiger charge is -2.09. The molecule has 0 bridgehead atoms. The van der Waals surface area contributed by atoms with E-state index in [9.17, 15) is 4.79 Å². The quantitative estimate of drug-likeness (QED) is 0.860. The maximum Gasteiger partial charge on any atom is 0.224 e. The van der Waals surface area contributed by atoms with Crippen LogP contribution in [0.15, 0.2) is 36.4 Å². The maximum atomic E-state index is 12.1. The summed E-state index contributed by atoms with van der Waals surface area (Å²) in [5.41, 5.74) is 2.67. The molecule has 1 amide bonds. The molecule has 2 aromatic rings. The first-order valence-electron chi connectivity index (χ1n) is 7.30. The number of carbonyl (C=O) groups is 1. The van der Waals surface area contributed by atoms with Gasteiger partial charge in [0, 0.05) is 23.2 Å². The molecule has 0 heterocycles. The van der Waals surface area contributed by atoms with Crippen molar-refractivity contribution in [1.29, 1.82) is 0 Å². The van der Waals surface area contributed by atoms with Crippen LogP contribution in [0.1, 0.15) is 17.5 Å². The van der Waals surface area contributed by atoms with Gasteiger partial charge in [-0.2, -0.15) is 0 Å². The minimum absolute atomic E-state index is 0.0632. The van der Waals surface area contributed by atoms with Gasteiger partial charge in [0.1, 0.15) is 11.5 Å². The standard InChI is InChI=1S/C18H20ClNO3/c1-12-4-6-14(10-17(12)19)20-18(21)7-5-13-8-15(22-2)11-16(9-13)23-3/h4,6,8-11H,5,7H2,1-3H3,(H,20,21). The molecule has 0 fully saturated rings. The fourth-order valence-electron chi connectivity index (χ4n) is 2.16. The molecule has 0 aliphatic heterocycles. The Labute approximate surface area is 141 Å². The minimum atomic E-state index is -0.0632. The summed E-state index contributed by atoms with van der Waals surface area (Å²) in [6.45, 7) is 1.92. The van der Waals surface area contributed by atoms with E-state index < -0.39 is 0 Å². The number of hydrogen-bond donors (Lipinski definition) is 1. The fourth-order valence-corrected chi connectivity index (χ4v) is 2.34. The SMILES string of the molecule is COc1cc(CCC(=O)Nc2ccc(C)c(Cl)c2)cc(OC)c1. The van der Waals surface area contributed by atoms with Crippen molar-refractivity contribution in [3.05, 3.63) is 52.5 Å². The van der Waals surface area contributed by atoms with Gasteiger partial charge in [-0.1, -0.05) is 17.7 Å². The Kier molecular flexibility index (Phi) is 5.88. The van der Waals surface area contributed by atoms with Crippen molar-refractivity contribution >= 4 is 23.2 Å². The third kappa shape index (κ3) is 4.89. The third-order valence-corrected chi connectivity index (χ3v) is 3.91. The van der Waals surface area contributed by atoms with Crippen molar-refractivity contribution < 1.29 is 14.3 Å². The van der Waals surface area contributed by atoms with Crippen LogP contribution in [0.5, 0.6) is 11.5 Å². The van der Waals surface area contributed by atoms with Crippen LogP contribution in [0.2, 0.25) is 5.02 Å². The largest absolute Gasteiger partial charge is 0.497 e. The predicted molar refractivity (Wildman–Crippen MR) is 92.7 cm³/mol. The highest BCUT2D eigenvalue weighted by atomic mass is 35.5. The van der Waals surface area contributed by atoms with Gasteiger partial charge in [0.2, 0.25) is 5.91 Å². The van der Waals surface area contributed by atoms with Crippen molar-refractivity contribution in [2.45, 2.75) is 19.8 Å². The molecule has 0 aromatic heterocycles. The molecular formula is C18H20ClNO3. The first-order chi connectivity index (χ1) is 11.0. The van der Waals surface area contributed by atoms with Crippen LogP contribution >= 0.6 is 11.6 Å². The molecule has 23 heavy (non-hydrogen) atoms. The van der Waals surface area contributed by atoms with Crippen molar-refractivity contribution in [2.24, 2.45) is 0 Å². The van der Waals surface area contributed by atoms with Crippen LogP contribution < -0.4 is 14.8 Å². The van der Waals surface area contributed by atoms with E-state index in [1.54, 1.807) is 26.4 Å². The van der Waals surface area contributed by atoms with E-state index >= 15 is 0 Å². The molecule has 0 saturated carbocycles. The van der Waals surface area contributed by atoms with Gasteiger partial charge in [-0.05, 0) is 48.7 Å². The maximum absolute atomic E-state index is 12.1. The van der Waals surface area contributed by atoms with Crippen LogP contribution in [0.3, 0.4) is 0 Å². The molecule has 0 aliphatic rings. The number of rotatable bonds is 6. The van der Waals surface area contributed by atoms with Gasteiger partial charge in [0.15, 0.2) is 0 Å². The summed E-state index contributed by atoms with van der Waals surface area (Å²) in [5.74, 6) is 1.36. The molecule has 0 spiro atoms. The summed E-state index contributed by atoms with van der Waals surface area (Å²) in [4.78, 5) is 12.1. The second kappa shape index (κ2) is 7.88. The second-order valence-corrected chi connectivity index (χ2v) is 5.64. The number of amides is 1. The van der Waals surface area contributed by atoms with Crippen molar-refractivity contribution in [1.82, 2.24) is 0 Å². The van der Waals surface area contributed by atoms with Gasteiger partial charge in [-0.25, -0.2) is 0 Å². The molecule has 0 aliphatic carbocycles. The van der Waals surface area contributed by atoms with Crippen LogP contribution in [0.4, 0.5) is 5.69 Å². The van der Waals surface area contributed by atoms with Gasteiger partial charge < -0.3 is 14.8 Å². The summed E-state index contributed by atoms with van der Waals surface area (Å²) < 4.78 is 10.5. The Hall–Kier alpha value is -2.20. The van der Waals surface area contributed by atoms with Crippen LogP contribution in [-0.2, 0) is 11.2 Å². The molecule has 4 nitrogen and oxygen atoms in total. The normalized spacial score (nSPS) is 10.3. The predicted octanol–water partition coefficient (Wildman–Crippen LogP) is 4.24. The monoisotopic (exact) mass is 333 g/mol. The topological polar surface area (TPSA) is 47.6 Å². The van der Waals surface area contributed by atoms with E-state index in [2.05, 4.69) is 5.32 Å². The summed E-state index contributed by atoms with van der Waals surface area (Å²) in [6, 6.07) is 11.1. The number of carbonyl (C=O) groups excluding carboxylic acids is 1. The zero-order chi connectivity index (χ0) is 16.8. The first-order valence-corrected chi connectivity index (χ1v) is 7.67. The molecular weight excluding hydrogens is 314 g/mol. The van der Waals surface area contributed by atoms with Gasteiger partial charge in [0.05, 0.1) is 14.2 Å². The average molecular weight is 334 g/mol. The highest BCUT2D eigenvalue weighted by Crippen LogP contribution is 2.24. The Morgan fingerprint density at radius 2 is 1.74 bits per heavy atom. The van der Waals surface area contributed by atoms with Gasteiger partial charge in [-0.3, -0.25) is 4.79 Å². The van der Waals surface area contributed by atoms with E-state index in [1.165, 1.54) is 0 Å². The third-order valence-electron chi connectivity index (χ3n) is 3.51. The Balaban J connectivity index is 1.97. The smallest absolute Gasteiger partial charge is 0.224 e. The zero-order valence-electron chi connectivity index (χ0n) is 13.5. The average Bonchev–Trinajstić information content (AvgIpc) is 2.56. The highest BCUT2D eigenvalue weighted by Gasteiger charge is 2.07. The van der Waals surface area contributed by atoms with E-state index in [-0.39, 0.29) is 5.91 Å². The Morgan fingerprint density at radius 1 is 1.09 bits per heavy atom. The summed E-state index contributed by atoms with van der Waals surface area (Å²) in [5, 5.41) is 3.49. The van der Waals surface area contributed by atoms with Crippen LogP contribution in [0, 0.1) is 6.92 Å². The van der Waals surface area contributed by atoms with Crippen molar-refractivity contribution in [3.8, 4) is 11.5 Å². The molecule has 1 N–H and O–H groups in total. The number of anilines is 1. The molecule has 5 heteroatoms. The molecule has 2 rings (SSSR count). The van der Waals surface area contributed by atoms with E-state index in [0.717, 1.165) is 11.1 Å². The summed E-state index contributed by atoms with van der Waals surface area (Å²) in [6.07, 6.45) is 0.959. The summed E-state index contributed by atoms with van der Waals surface area (Å²) >= 11 is 6.06. The van der Waals surface area contributed by atoms with Gasteiger partial charge in [-0.15, -0.1) is 0 Å². The molecule has 0 saturated heterocycles. The van der Waals surface area contributed by atoms with E-state index in [4.69, 9.17) is 21.1 Å². The van der Waals surface area contributed by atoms with E-state index in [0.29, 0.717) is 35.1 Å². The lowest BCUT2D eigenvalue weighted by Crippen LogP contribution is -2.12. The lowest BCUT2D eigenvalue weighted by atomic mass is 10.1. The van der Waals surface area contributed by atoms with Crippen LogP contribution in [0.25, 0.3) is 0 Å². The zero-order valence-corrected chi connectivity index (χ0v) is 14.2. The Bertz CT molecular complexity index is 678. The number of halogens is 1. The number of methoxy groups -OCH3 is 2. The number of nitrogens with one attached hydrogen (secondary N) is 1. The van der Waals surface area contributed by atoms with Crippen LogP contribution in [-0.4, -0.2) is 20.1 Å². The summed E-state index contributed by atoms with van der Waals surface area (Å²) in [7, 11) is 3.21. The molecule has 2 aromatic carbocycles. The van der Waals surface area contributed by atoms with Gasteiger partial charge >= 0.3 is 0 Å². The molecule has 0 unspecified atom stereocenters. The first kappa shape index (κ1) is 17.2. The van der Waals surface area contributed by atoms with E-state index in [1.807, 2.05) is 31.2 Å². The Morgan fingerprint density at radius 3 is 2.30 bits per heavy atom. The molecule has 122 valence electrons. The minimum Gasteiger partial charge on any atom is -0.497 e. The number of benzene rings is 2. The molecule has 0 radical (unpaired) electrons. The fraction of sp³-hybridized carbons (Fsp3) is 0.278. The van der Waals surface area contributed by atoms with Crippen molar-refractivity contribution in [2.75, 3.05) is 19.5 Å². The van der Waals surface area contributed by atoms with Crippen molar-refractivity contribution in [3.63, 3.8) is 0 Å². The number of aryl methyl sites for hydroxylation is 2. The second-order valence-electron chi connectivity index (χ2n) is 5.23.